The molecule has 3 heteroatoms. The van der Waals surface area contributed by atoms with Crippen molar-refractivity contribution in [1.82, 2.24) is 0 Å². The van der Waals surface area contributed by atoms with Gasteiger partial charge < -0.3 is 4.55 Å². The Hall–Kier alpha value is 0.660. The van der Waals surface area contributed by atoms with Gasteiger partial charge in [0, 0.05) is 12.0 Å². The van der Waals surface area contributed by atoms with Crippen LogP contribution in [0.15, 0.2) is 0 Å². The summed E-state index contributed by atoms with van der Waals surface area (Å²) >= 11 is 4.55. The standard InChI is InChI=1S/C2H6OS2/c1-2(4)5-3/h2-4H,1H3. The minimum atomic E-state index is 0.0509. The van der Waals surface area contributed by atoms with Crippen molar-refractivity contribution in [3.05, 3.63) is 0 Å². The fourth-order valence-corrected chi connectivity index (χ4v) is 0. The first-order chi connectivity index (χ1) is 2.27. The Balaban J connectivity index is 2.54. The molecule has 1 unspecified atom stereocenters. The average molecular weight is 110 g/mol. The maximum Gasteiger partial charge on any atom is 0.0704 e. The summed E-state index contributed by atoms with van der Waals surface area (Å²) in [5.74, 6) is 0. The van der Waals surface area contributed by atoms with Crippen molar-refractivity contribution in [1.29, 1.82) is 0 Å². The van der Waals surface area contributed by atoms with Gasteiger partial charge in [-0.05, 0) is 6.92 Å². The molecule has 0 aromatic rings. The number of thiol groups is 1. The van der Waals surface area contributed by atoms with Crippen molar-refractivity contribution in [3.63, 3.8) is 0 Å². The highest BCUT2D eigenvalue weighted by Gasteiger charge is 1.84. The van der Waals surface area contributed by atoms with E-state index in [1.165, 1.54) is 0 Å². The molecule has 0 saturated heterocycles. The molecule has 32 valence electrons. The van der Waals surface area contributed by atoms with Crippen LogP contribution in [0.2, 0.25) is 0 Å². The predicted molar refractivity (Wildman–Crippen MR) is 28.7 cm³/mol. The van der Waals surface area contributed by atoms with E-state index in [-0.39, 0.29) is 4.58 Å². The molecule has 0 aliphatic heterocycles. The van der Waals surface area contributed by atoms with Crippen molar-refractivity contribution in [2.75, 3.05) is 0 Å². The SMILES string of the molecule is CC(S)SO. The molecule has 0 aliphatic rings. The lowest BCUT2D eigenvalue weighted by Crippen LogP contribution is -1.74. The van der Waals surface area contributed by atoms with Gasteiger partial charge in [-0.25, -0.2) is 0 Å². The zero-order valence-electron chi connectivity index (χ0n) is 2.88. The van der Waals surface area contributed by atoms with E-state index in [9.17, 15) is 0 Å². The van der Waals surface area contributed by atoms with E-state index in [0.29, 0.717) is 0 Å². The van der Waals surface area contributed by atoms with Crippen LogP contribution in [0.25, 0.3) is 0 Å². The summed E-state index contributed by atoms with van der Waals surface area (Å²) in [6, 6.07) is 0. The molecule has 0 rings (SSSR count). The molecular weight excluding hydrogens is 104 g/mol. The average Bonchev–Trinajstić information content (AvgIpc) is 1.38. The molecule has 0 spiro atoms. The Morgan fingerprint density at radius 3 is 2.20 bits per heavy atom. The van der Waals surface area contributed by atoms with Crippen LogP contribution >= 0.6 is 24.7 Å². The van der Waals surface area contributed by atoms with Gasteiger partial charge in [0.1, 0.15) is 0 Å². The second-order valence-corrected chi connectivity index (χ2v) is 2.75. The lowest BCUT2D eigenvalue weighted by molar-refractivity contribution is 0.663. The van der Waals surface area contributed by atoms with Crippen LogP contribution < -0.4 is 0 Å². The zero-order chi connectivity index (χ0) is 4.28. The molecule has 5 heavy (non-hydrogen) atoms. The number of hydrogen-bond donors (Lipinski definition) is 2. The molecule has 1 atom stereocenters. The Kier molecular flexibility index (Phi) is 3.25. The molecule has 0 heterocycles. The summed E-state index contributed by atoms with van der Waals surface area (Å²) in [5.41, 5.74) is 0. The molecule has 0 aliphatic carbocycles. The molecule has 0 fully saturated rings. The Morgan fingerprint density at radius 2 is 2.20 bits per heavy atom. The summed E-state index contributed by atoms with van der Waals surface area (Å²) in [6.45, 7) is 1.80. The van der Waals surface area contributed by atoms with Crippen LogP contribution in [-0.4, -0.2) is 9.13 Å². The van der Waals surface area contributed by atoms with Gasteiger partial charge in [0.25, 0.3) is 0 Å². The molecule has 0 amide bonds. The minimum absolute atomic E-state index is 0.0509. The van der Waals surface area contributed by atoms with Crippen molar-refractivity contribution in [2.24, 2.45) is 0 Å². The first kappa shape index (κ1) is 5.66. The summed E-state index contributed by atoms with van der Waals surface area (Å²) in [4.78, 5) is 0. The molecule has 0 saturated carbocycles. The normalized spacial score (nSPS) is 15.0. The van der Waals surface area contributed by atoms with E-state index in [2.05, 4.69) is 12.6 Å². The second kappa shape index (κ2) is 2.87. The van der Waals surface area contributed by atoms with Gasteiger partial charge in [0.2, 0.25) is 0 Å². The van der Waals surface area contributed by atoms with Crippen molar-refractivity contribution >= 4 is 24.7 Å². The van der Waals surface area contributed by atoms with E-state index in [1.807, 2.05) is 0 Å². The smallest absolute Gasteiger partial charge is 0.0704 e. The fourth-order valence-electron chi connectivity index (χ4n) is 0. The summed E-state index contributed by atoms with van der Waals surface area (Å²) in [7, 11) is 0. The maximum absolute atomic E-state index is 7.98. The Bertz CT molecular complexity index is 21.6. The van der Waals surface area contributed by atoms with Gasteiger partial charge in [-0.2, -0.15) is 12.6 Å². The highest BCUT2D eigenvalue weighted by Crippen LogP contribution is 2.05. The second-order valence-electron chi connectivity index (χ2n) is 0.705. The van der Waals surface area contributed by atoms with E-state index >= 15 is 0 Å². The van der Waals surface area contributed by atoms with E-state index in [4.69, 9.17) is 4.55 Å². The lowest BCUT2D eigenvalue weighted by atomic mass is 11.0. The van der Waals surface area contributed by atoms with E-state index < -0.39 is 0 Å². The summed E-state index contributed by atoms with van der Waals surface area (Å²) in [5, 5.41) is 0. The van der Waals surface area contributed by atoms with Gasteiger partial charge in [0.15, 0.2) is 0 Å². The van der Waals surface area contributed by atoms with Crippen LogP contribution in [0.1, 0.15) is 6.92 Å². The van der Waals surface area contributed by atoms with Crippen molar-refractivity contribution in [2.45, 2.75) is 11.5 Å². The van der Waals surface area contributed by atoms with Crippen LogP contribution in [-0.2, 0) is 0 Å². The molecule has 0 aromatic carbocycles. The molecule has 1 N–H and O–H groups in total. The lowest BCUT2D eigenvalue weighted by Gasteiger charge is -1.87. The minimum Gasteiger partial charge on any atom is -0.329 e. The first-order valence-corrected chi connectivity index (χ1v) is 2.61. The van der Waals surface area contributed by atoms with Gasteiger partial charge in [-0.1, -0.05) is 0 Å². The van der Waals surface area contributed by atoms with Crippen LogP contribution in [0, 0.1) is 0 Å². The molecule has 0 aromatic heterocycles. The summed E-state index contributed by atoms with van der Waals surface area (Å²) in [6.07, 6.45) is 0. The zero-order valence-corrected chi connectivity index (χ0v) is 4.59. The number of hydrogen-bond acceptors (Lipinski definition) is 3. The molecule has 1 nitrogen and oxygen atoms in total. The van der Waals surface area contributed by atoms with Gasteiger partial charge in [-0.3, -0.25) is 0 Å². The summed E-state index contributed by atoms with van der Waals surface area (Å²) < 4.78 is 8.03. The maximum atomic E-state index is 7.98. The van der Waals surface area contributed by atoms with Crippen LogP contribution in [0.4, 0.5) is 0 Å². The van der Waals surface area contributed by atoms with Crippen molar-refractivity contribution < 1.29 is 4.55 Å². The molecular formula is C2H6OS2. The van der Waals surface area contributed by atoms with Crippen LogP contribution in [0.5, 0.6) is 0 Å². The Morgan fingerprint density at radius 1 is 2.00 bits per heavy atom. The fraction of sp³-hybridized carbons (Fsp3) is 1.00. The third kappa shape index (κ3) is 4.66. The monoisotopic (exact) mass is 110 g/mol. The molecule has 0 bridgehead atoms. The van der Waals surface area contributed by atoms with Gasteiger partial charge in [-0.15, -0.1) is 0 Å². The van der Waals surface area contributed by atoms with Gasteiger partial charge in [0.05, 0.1) is 4.58 Å². The quantitative estimate of drug-likeness (QED) is 0.303. The van der Waals surface area contributed by atoms with Crippen LogP contribution in [0.3, 0.4) is 0 Å². The van der Waals surface area contributed by atoms with Crippen molar-refractivity contribution in [3.8, 4) is 0 Å². The third-order valence-corrected chi connectivity index (χ3v) is 0.740. The number of rotatable bonds is 1. The Labute approximate surface area is 41.4 Å². The topological polar surface area (TPSA) is 20.2 Å². The predicted octanol–water partition coefficient (Wildman–Crippen LogP) is 1.47. The first-order valence-electron chi connectivity index (χ1n) is 1.25. The largest absolute Gasteiger partial charge is 0.329 e. The van der Waals surface area contributed by atoms with Gasteiger partial charge >= 0.3 is 0 Å². The van der Waals surface area contributed by atoms with E-state index in [1.54, 1.807) is 6.92 Å². The third-order valence-electron chi connectivity index (χ3n) is 0.153. The highest BCUT2D eigenvalue weighted by atomic mass is 32.2. The van der Waals surface area contributed by atoms with E-state index in [0.717, 1.165) is 12.0 Å². The molecule has 0 radical (unpaired) electrons. The highest BCUT2D eigenvalue weighted by molar-refractivity contribution is 8.06.